The molecule has 2 rings (SSSR count). The topological polar surface area (TPSA) is 67.0 Å². The maximum atomic E-state index is 11.9. The first kappa shape index (κ1) is 19.0. The highest BCUT2D eigenvalue weighted by Crippen LogP contribution is 2.23. The minimum Gasteiger partial charge on any atom is -0.455 e. The molecule has 1 heterocycles. The van der Waals surface area contributed by atoms with E-state index in [2.05, 4.69) is 5.32 Å². The largest absolute Gasteiger partial charge is 0.455 e. The maximum Gasteiger partial charge on any atom is 0.275 e. The zero-order valence-electron chi connectivity index (χ0n) is 14.6. The fraction of sp³-hybridized carbons (Fsp3) is 0.333. The van der Waals surface area contributed by atoms with Gasteiger partial charge in [0.15, 0.2) is 12.3 Å². The number of halogens is 1. The van der Waals surface area contributed by atoms with Gasteiger partial charge in [0, 0.05) is 24.7 Å². The van der Waals surface area contributed by atoms with Crippen LogP contribution in [0.3, 0.4) is 0 Å². The lowest BCUT2D eigenvalue weighted by Gasteiger charge is -2.14. The third kappa shape index (κ3) is 5.92. The maximum absolute atomic E-state index is 11.9. The van der Waals surface area contributed by atoms with Gasteiger partial charge in [-0.3, -0.25) is 9.59 Å². The summed E-state index contributed by atoms with van der Waals surface area (Å²) in [6.07, 6.45) is 0. The summed E-state index contributed by atoms with van der Waals surface area (Å²) >= 11 is 5.89. The molecule has 2 aromatic rings. The molecule has 0 aliphatic rings. The summed E-state index contributed by atoms with van der Waals surface area (Å²) in [4.78, 5) is 25.8. The van der Waals surface area contributed by atoms with E-state index in [0.717, 1.165) is 22.0 Å². The normalized spacial score (nSPS) is 11.8. The Bertz CT molecular complexity index is 725. The lowest BCUT2D eigenvalue weighted by atomic mass is 10.2. The summed E-state index contributed by atoms with van der Waals surface area (Å²) in [7, 11) is 5.21. The molecule has 1 unspecified atom stereocenters. The molecule has 1 aromatic carbocycles. The fourth-order valence-electron chi connectivity index (χ4n) is 2.27. The Morgan fingerprint density at radius 2 is 1.84 bits per heavy atom. The predicted molar refractivity (Wildman–Crippen MR) is 96.3 cm³/mol. The van der Waals surface area contributed by atoms with Crippen LogP contribution >= 0.6 is 11.6 Å². The van der Waals surface area contributed by atoms with Crippen LogP contribution in [0.4, 0.5) is 0 Å². The molecular weight excluding hydrogens is 342 g/mol. The first-order chi connectivity index (χ1) is 11.8. The van der Waals surface area contributed by atoms with Crippen LogP contribution in [0, 0.1) is 0 Å². The summed E-state index contributed by atoms with van der Waals surface area (Å²) < 4.78 is 5.84. The van der Waals surface area contributed by atoms with Gasteiger partial charge in [-0.05, 0) is 36.4 Å². The third-order valence-electron chi connectivity index (χ3n) is 3.66. The van der Waals surface area contributed by atoms with Crippen molar-refractivity contribution in [2.75, 3.05) is 34.2 Å². The van der Waals surface area contributed by atoms with Crippen LogP contribution < -0.4 is 10.2 Å². The number of furan rings is 1. The molecule has 25 heavy (non-hydrogen) atoms. The average molecular weight is 365 g/mol. The SMILES string of the molecule is CN(C)C(=O)CNC(=O)C[NH+](C)Cc1ccc(-c2ccc(Cl)cc2)o1. The van der Waals surface area contributed by atoms with Crippen molar-refractivity contribution < 1.29 is 18.9 Å². The van der Waals surface area contributed by atoms with Gasteiger partial charge in [-0.2, -0.15) is 0 Å². The zero-order valence-corrected chi connectivity index (χ0v) is 15.4. The van der Waals surface area contributed by atoms with Crippen LogP contribution in [-0.2, 0) is 16.1 Å². The Kier molecular flexibility index (Phi) is 6.61. The lowest BCUT2D eigenvalue weighted by Crippen LogP contribution is -3.08. The number of hydrogen-bond donors (Lipinski definition) is 2. The standard InChI is InChI=1S/C18H22ClN3O3/c1-21(2)18(24)10-20-17(23)12-22(3)11-15-8-9-16(25-15)13-4-6-14(19)7-5-13/h4-9H,10-12H2,1-3H3,(H,20,23)/p+1. The van der Waals surface area contributed by atoms with E-state index in [0.29, 0.717) is 11.6 Å². The minimum atomic E-state index is -0.169. The van der Waals surface area contributed by atoms with Gasteiger partial charge >= 0.3 is 0 Å². The Hall–Kier alpha value is -2.31. The van der Waals surface area contributed by atoms with Gasteiger partial charge in [-0.15, -0.1) is 0 Å². The number of quaternary nitrogens is 1. The molecule has 0 aliphatic heterocycles. The molecule has 134 valence electrons. The van der Waals surface area contributed by atoms with E-state index < -0.39 is 0 Å². The fourth-order valence-corrected chi connectivity index (χ4v) is 2.40. The third-order valence-corrected chi connectivity index (χ3v) is 3.92. The van der Waals surface area contributed by atoms with Crippen molar-refractivity contribution in [2.45, 2.75) is 6.54 Å². The van der Waals surface area contributed by atoms with E-state index in [-0.39, 0.29) is 24.9 Å². The van der Waals surface area contributed by atoms with Crippen molar-refractivity contribution in [1.82, 2.24) is 10.2 Å². The van der Waals surface area contributed by atoms with Gasteiger partial charge in [0.2, 0.25) is 5.91 Å². The predicted octanol–water partition coefficient (Wildman–Crippen LogP) is 0.819. The Labute approximate surface area is 152 Å². The van der Waals surface area contributed by atoms with Gasteiger partial charge in [-0.1, -0.05) is 11.6 Å². The van der Waals surface area contributed by atoms with Crippen molar-refractivity contribution in [3.63, 3.8) is 0 Å². The Morgan fingerprint density at radius 1 is 1.16 bits per heavy atom. The second-order valence-corrected chi connectivity index (χ2v) is 6.58. The number of nitrogens with one attached hydrogen (secondary N) is 2. The molecule has 0 bridgehead atoms. The molecule has 7 heteroatoms. The molecular formula is C18H23ClN3O3+. The molecule has 1 aromatic heterocycles. The zero-order chi connectivity index (χ0) is 18.4. The van der Waals surface area contributed by atoms with Crippen molar-refractivity contribution in [3.8, 4) is 11.3 Å². The summed E-state index contributed by atoms with van der Waals surface area (Å²) in [6.45, 7) is 0.848. The molecule has 2 N–H and O–H groups in total. The van der Waals surface area contributed by atoms with Crippen molar-refractivity contribution in [3.05, 3.63) is 47.2 Å². The molecule has 0 saturated carbocycles. The number of carbonyl (C=O) groups excluding carboxylic acids is 2. The molecule has 0 fully saturated rings. The van der Waals surface area contributed by atoms with Crippen LogP contribution in [0.15, 0.2) is 40.8 Å². The summed E-state index contributed by atoms with van der Waals surface area (Å²) in [5.41, 5.74) is 0.952. The number of hydrogen-bond acceptors (Lipinski definition) is 3. The van der Waals surface area contributed by atoms with Crippen LogP contribution in [0.2, 0.25) is 5.02 Å². The summed E-state index contributed by atoms with van der Waals surface area (Å²) in [5.74, 6) is 1.25. The Balaban J connectivity index is 1.84. The average Bonchev–Trinajstić information content (AvgIpc) is 3.01. The van der Waals surface area contributed by atoms with Gasteiger partial charge < -0.3 is 19.5 Å². The van der Waals surface area contributed by atoms with E-state index in [4.69, 9.17) is 16.0 Å². The van der Waals surface area contributed by atoms with E-state index in [1.807, 2.05) is 43.4 Å². The number of nitrogens with zero attached hydrogens (tertiary/aromatic N) is 1. The highest BCUT2D eigenvalue weighted by atomic mass is 35.5. The number of amides is 2. The van der Waals surface area contributed by atoms with Crippen LogP contribution in [0.5, 0.6) is 0 Å². The van der Waals surface area contributed by atoms with E-state index >= 15 is 0 Å². The second kappa shape index (κ2) is 8.69. The first-order valence-corrected chi connectivity index (χ1v) is 8.35. The Morgan fingerprint density at radius 3 is 2.48 bits per heavy atom. The van der Waals surface area contributed by atoms with Crippen molar-refractivity contribution in [1.29, 1.82) is 0 Å². The number of likely N-dealkylation sites (N-methyl/N-ethyl adjacent to an activating group) is 2. The summed E-state index contributed by atoms with van der Waals surface area (Å²) in [5, 5.41) is 3.30. The highest BCUT2D eigenvalue weighted by molar-refractivity contribution is 6.30. The summed E-state index contributed by atoms with van der Waals surface area (Å²) in [6, 6.07) is 11.2. The molecule has 1 atom stereocenters. The molecule has 2 amide bonds. The van der Waals surface area contributed by atoms with E-state index in [1.165, 1.54) is 4.90 Å². The first-order valence-electron chi connectivity index (χ1n) is 7.98. The number of carbonyl (C=O) groups is 2. The monoisotopic (exact) mass is 364 g/mol. The van der Waals surface area contributed by atoms with E-state index in [1.54, 1.807) is 14.1 Å². The molecule has 0 radical (unpaired) electrons. The molecule has 0 aliphatic carbocycles. The van der Waals surface area contributed by atoms with Gasteiger partial charge in [0.05, 0.1) is 13.6 Å². The second-order valence-electron chi connectivity index (χ2n) is 6.15. The molecule has 0 spiro atoms. The van der Waals surface area contributed by atoms with Crippen molar-refractivity contribution >= 4 is 23.4 Å². The lowest BCUT2D eigenvalue weighted by molar-refractivity contribution is -0.886. The quantitative estimate of drug-likeness (QED) is 0.764. The number of rotatable bonds is 7. The minimum absolute atomic E-state index is 0.0145. The van der Waals surface area contributed by atoms with Gasteiger partial charge in [0.1, 0.15) is 12.3 Å². The molecule has 0 saturated heterocycles. The molecule has 6 nitrogen and oxygen atoms in total. The highest BCUT2D eigenvalue weighted by Gasteiger charge is 2.14. The van der Waals surface area contributed by atoms with Crippen LogP contribution in [-0.4, -0.2) is 50.9 Å². The van der Waals surface area contributed by atoms with Crippen molar-refractivity contribution in [2.24, 2.45) is 0 Å². The smallest absolute Gasteiger partial charge is 0.275 e. The van der Waals surface area contributed by atoms with E-state index in [9.17, 15) is 9.59 Å². The van der Waals surface area contributed by atoms with Gasteiger partial charge in [0.25, 0.3) is 5.91 Å². The number of benzene rings is 1. The van der Waals surface area contributed by atoms with Gasteiger partial charge in [-0.25, -0.2) is 0 Å². The van der Waals surface area contributed by atoms with Crippen LogP contribution in [0.25, 0.3) is 11.3 Å². The van der Waals surface area contributed by atoms with Crippen LogP contribution in [0.1, 0.15) is 5.76 Å².